The number of fused-ring (bicyclic) bond motifs is 1. The summed E-state index contributed by atoms with van der Waals surface area (Å²) in [6.45, 7) is 11.8. The Hall–Kier alpha value is -0.860. The Kier molecular flexibility index (Phi) is 4.08. The van der Waals surface area contributed by atoms with Gasteiger partial charge in [-0.25, -0.2) is 0 Å². The van der Waals surface area contributed by atoms with Crippen LogP contribution in [0.2, 0.25) is 0 Å². The summed E-state index contributed by atoms with van der Waals surface area (Å²) in [4.78, 5) is 0. The molecule has 1 aromatic rings. The van der Waals surface area contributed by atoms with Crippen molar-refractivity contribution in [2.24, 2.45) is 11.3 Å². The van der Waals surface area contributed by atoms with E-state index in [0.717, 1.165) is 19.8 Å². The largest absolute Gasteiger partial charge is 0.375 e. The first kappa shape index (κ1) is 13.6. The molecule has 1 aliphatic heterocycles. The first-order chi connectivity index (χ1) is 8.50. The molecule has 1 N–H and O–H groups in total. The van der Waals surface area contributed by atoms with Crippen LogP contribution in [0.15, 0.2) is 24.3 Å². The Labute approximate surface area is 111 Å². The van der Waals surface area contributed by atoms with Gasteiger partial charge >= 0.3 is 0 Å². The molecule has 0 saturated carbocycles. The molecule has 100 valence electrons. The molecular weight excluding hydrogens is 222 g/mol. The Morgan fingerprint density at radius 2 is 2.06 bits per heavy atom. The Morgan fingerprint density at radius 1 is 1.33 bits per heavy atom. The van der Waals surface area contributed by atoms with Gasteiger partial charge < -0.3 is 10.1 Å². The third-order valence-corrected chi connectivity index (χ3v) is 4.34. The first-order valence-electron chi connectivity index (χ1n) is 6.89. The van der Waals surface area contributed by atoms with E-state index in [9.17, 15) is 0 Å². The number of rotatable bonds is 4. The smallest absolute Gasteiger partial charge is 0.0721 e. The van der Waals surface area contributed by atoms with Crippen LogP contribution in [0.1, 0.15) is 44.9 Å². The predicted molar refractivity (Wildman–Crippen MR) is 75.5 cm³/mol. The molecule has 18 heavy (non-hydrogen) atoms. The van der Waals surface area contributed by atoms with E-state index in [1.807, 2.05) is 0 Å². The highest BCUT2D eigenvalue weighted by Gasteiger charge is 2.26. The molecule has 2 nitrogen and oxygen atoms in total. The van der Waals surface area contributed by atoms with E-state index < -0.39 is 0 Å². The summed E-state index contributed by atoms with van der Waals surface area (Å²) >= 11 is 0. The molecule has 2 heteroatoms. The van der Waals surface area contributed by atoms with E-state index in [-0.39, 0.29) is 0 Å². The van der Waals surface area contributed by atoms with Gasteiger partial charge in [-0.3, -0.25) is 0 Å². The highest BCUT2D eigenvalue weighted by molar-refractivity contribution is 5.31. The lowest BCUT2D eigenvalue weighted by Crippen LogP contribution is -2.38. The molecule has 2 rings (SSSR count). The van der Waals surface area contributed by atoms with Crippen LogP contribution in [0, 0.1) is 11.3 Å². The van der Waals surface area contributed by atoms with E-state index >= 15 is 0 Å². The lowest BCUT2D eigenvalue weighted by atomic mass is 9.81. The fourth-order valence-electron chi connectivity index (χ4n) is 2.14. The second-order valence-electron chi connectivity index (χ2n) is 6.29. The zero-order valence-corrected chi connectivity index (χ0v) is 12.0. The second-order valence-corrected chi connectivity index (χ2v) is 6.29. The van der Waals surface area contributed by atoms with Crippen molar-refractivity contribution in [1.82, 2.24) is 5.32 Å². The molecule has 1 aromatic carbocycles. The maximum absolute atomic E-state index is 5.67. The standard InChI is InChI=1S/C16H25NO/c1-12(2)16(3,4)11-17-15-10-18-9-13-7-5-6-8-14(13)15/h5-8,12,15,17H,9-11H2,1-4H3. The van der Waals surface area contributed by atoms with Crippen molar-refractivity contribution in [2.45, 2.75) is 40.3 Å². The van der Waals surface area contributed by atoms with Crippen LogP contribution >= 0.6 is 0 Å². The molecule has 1 heterocycles. The molecule has 0 radical (unpaired) electrons. The van der Waals surface area contributed by atoms with Crippen LogP contribution in [-0.2, 0) is 11.3 Å². The van der Waals surface area contributed by atoms with Crippen LogP contribution in [-0.4, -0.2) is 13.2 Å². The third-order valence-electron chi connectivity index (χ3n) is 4.34. The molecule has 0 bridgehead atoms. The fraction of sp³-hybridized carbons (Fsp3) is 0.625. The third kappa shape index (κ3) is 2.93. The van der Waals surface area contributed by atoms with E-state index in [1.165, 1.54) is 11.1 Å². The minimum atomic E-state index is 0.312. The molecule has 0 aliphatic carbocycles. The van der Waals surface area contributed by atoms with Gasteiger partial charge in [0, 0.05) is 6.54 Å². The van der Waals surface area contributed by atoms with Gasteiger partial charge in [0.25, 0.3) is 0 Å². The molecule has 0 spiro atoms. The average Bonchev–Trinajstić information content (AvgIpc) is 2.36. The highest BCUT2D eigenvalue weighted by Crippen LogP contribution is 2.28. The van der Waals surface area contributed by atoms with Gasteiger partial charge in [0.15, 0.2) is 0 Å². The van der Waals surface area contributed by atoms with Gasteiger partial charge in [0.1, 0.15) is 0 Å². The van der Waals surface area contributed by atoms with Gasteiger partial charge in [0.05, 0.1) is 19.3 Å². The summed E-state index contributed by atoms with van der Waals surface area (Å²) in [5, 5.41) is 3.67. The molecule has 1 unspecified atom stereocenters. The second kappa shape index (κ2) is 5.41. The van der Waals surface area contributed by atoms with E-state index in [1.54, 1.807) is 0 Å². The van der Waals surface area contributed by atoms with E-state index in [2.05, 4.69) is 57.3 Å². The lowest BCUT2D eigenvalue weighted by molar-refractivity contribution is 0.0764. The van der Waals surface area contributed by atoms with Gasteiger partial charge in [-0.15, -0.1) is 0 Å². The minimum absolute atomic E-state index is 0.312. The van der Waals surface area contributed by atoms with Crippen molar-refractivity contribution in [3.8, 4) is 0 Å². The number of ether oxygens (including phenoxy) is 1. The fourth-order valence-corrected chi connectivity index (χ4v) is 2.14. The van der Waals surface area contributed by atoms with Crippen molar-refractivity contribution >= 4 is 0 Å². The predicted octanol–water partition coefficient (Wildman–Crippen LogP) is 3.53. The number of benzene rings is 1. The molecule has 1 aliphatic rings. The van der Waals surface area contributed by atoms with Crippen LogP contribution in [0.5, 0.6) is 0 Å². The summed E-state index contributed by atoms with van der Waals surface area (Å²) < 4.78 is 5.67. The Bertz CT molecular complexity index is 398. The van der Waals surface area contributed by atoms with Crippen molar-refractivity contribution in [1.29, 1.82) is 0 Å². The molecule has 0 aromatic heterocycles. The van der Waals surface area contributed by atoms with E-state index in [0.29, 0.717) is 17.4 Å². The molecule has 0 saturated heterocycles. The maximum atomic E-state index is 5.67. The van der Waals surface area contributed by atoms with Crippen molar-refractivity contribution in [3.05, 3.63) is 35.4 Å². The normalized spacial score (nSPS) is 19.9. The number of hydrogen-bond donors (Lipinski definition) is 1. The molecule has 0 amide bonds. The van der Waals surface area contributed by atoms with Gasteiger partial charge in [-0.2, -0.15) is 0 Å². The molecule has 1 atom stereocenters. The summed E-state index contributed by atoms with van der Waals surface area (Å²) in [7, 11) is 0. The monoisotopic (exact) mass is 247 g/mol. The summed E-state index contributed by atoms with van der Waals surface area (Å²) in [6, 6.07) is 8.93. The zero-order valence-electron chi connectivity index (χ0n) is 12.0. The zero-order chi connectivity index (χ0) is 13.2. The minimum Gasteiger partial charge on any atom is -0.375 e. The molecule has 0 fully saturated rings. The Balaban J connectivity index is 2.04. The highest BCUT2D eigenvalue weighted by atomic mass is 16.5. The average molecular weight is 247 g/mol. The lowest BCUT2D eigenvalue weighted by Gasteiger charge is -2.34. The quantitative estimate of drug-likeness (QED) is 0.879. The van der Waals surface area contributed by atoms with Crippen LogP contribution in [0.3, 0.4) is 0 Å². The number of hydrogen-bond acceptors (Lipinski definition) is 2. The first-order valence-corrected chi connectivity index (χ1v) is 6.89. The summed E-state index contributed by atoms with van der Waals surface area (Å²) in [5.41, 5.74) is 3.04. The van der Waals surface area contributed by atoms with Crippen LogP contribution in [0.25, 0.3) is 0 Å². The van der Waals surface area contributed by atoms with Gasteiger partial charge in [0.2, 0.25) is 0 Å². The van der Waals surface area contributed by atoms with E-state index in [4.69, 9.17) is 4.74 Å². The van der Waals surface area contributed by atoms with Crippen molar-refractivity contribution < 1.29 is 4.74 Å². The SMILES string of the molecule is CC(C)C(C)(C)CNC1COCc2ccccc21. The van der Waals surface area contributed by atoms with Crippen molar-refractivity contribution in [2.75, 3.05) is 13.2 Å². The summed E-state index contributed by atoms with van der Waals surface area (Å²) in [6.07, 6.45) is 0. The van der Waals surface area contributed by atoms with Crippen LogP contribution in [0.4, 0.5) is 0 Å². The van der Waals surface area contributed by atoms with Gasteiger partial charge in [-0.05, 0) is 22.5 Å². The Morgan fingerprint density at radius 3 is 2.78 bits per heavy atom. The molecular formula is C16H25NO. The maximum Gasteiger partial charge on any atom is 0.0721 e. The topological polar surface area (TPSA) is 21.3 Å². The van der Waals surface area contributed by atoms with Gasteiger partial charge in [-0.1, -0.05) is 52.0 Å². The summed E-state index contributed by atoms with van der Waals surface area (Å²) in [5.74, 6) is 0.671. The van der Waals surface area contributed by atoms with Crippen LogP contribution < -0.4 is 5.32 Å². The van der Waals surface area contributed by atoms with Crippen molar-refractivity contribution in [3.63, 3.8) is 0 Å². The number of nitrogens with one attached hydrogen (secondary N) is 1.